The number of hydrogen-bond donors (Lipinski definition) is 1. The Morgan fingerprint density at radius 2 is 1.78 bits per heavy atom. The van der Waals surface area contributed by atoms with Gasteiger partial charge in [-0.3, -0.25) is 19.9 Å². The van der Waals surface area contributed by atoms with Gasteiger partial charge in [0.15, 0.2) is 5.13 Å². The van der Waals surface area contributed by atoms with E-state index in [4.69, 9.17) is 16.3 Å². The fourth-order valence-corrected chi connectivity index (χ4v) is 5.67. The Bertz CT molecular complexity index is 1690. The third kappa shape index (κ3) is 5.59. The molecule has 0 unspecified atom stereocenters. The van der Waals surface area contributed by atoms with Gasteiger partial charge in [-0.1, -0.05) is 22.9 Å². The topological polar surface area (TPSA) is 110 Å². The number of ether oxygens (including phenoxy) is 1. The molecule has 0 spiro atoms. The van der Waals surface area contributed by atoms with Gasteiger partial charge in [-0.05, 0) is 44.5 Å². The van der Waals surface area contributed by atoms with Crippen LogP contribution in [0.5, 0.6) is 5.75 Å². The average Bonchev–Trinajstić information content (AvgIpc) is 3.47. The number of thiazole rings is 1. The monoisotopic (exact) mass is 602 g/mol. The number of halogens is 4. The van der Waals surface area contributed by atoms with Gasteiger partial charge in [-0.25, -0.2) is 15.0 Å². The summed E-state index contributed by atoms with van der Waals surface area (Å²) in [6.07, 6.45) is -1.68. The number of aromatic nitrogens is 4. The summed E-state index contributed by atoms with van der Waals surface area (Å²) < 4.78 is 45.0. The van der Waals surface area contributed by atoms with Crippen LogP contribution in [-0.4, -0.2) is 43.8 Å². The summed E-state index contributed by atoms with van der Waals surface area (Å²) in [4.78, 5) is 45.2. The standard InChI is InChI=1S/C27H22ClF3N6O3S/c1-12-5-15(14(3)34-23(12)27(29,30)31)25(39)37-10-19-21(11-37)41-26(35-19)36-24(38)18-8-32-13(2)6-16(18)17-7-22(28)33-9-20(17)40-4/h5-9H,10-11H2,1-4H3,(H,35,36,38). The SMILES string of the molecule is COc1cnc(Cl)cc1-c1cc(C)ncc1C(=O)Nc1nc2c(s1)CN(C(=O)c1cc(C)c(C(F)(F)F)nc1C)C2. The minimum Gasteiger partial charge on any atom is -0.494 e. The maximum absolute atomic E-state index is 13.3. The summed E-state index contributed by atoms with van der Waals surface area (Å²) in [6.45, 7) is 4.79. The molecule has 14 heteroatoms. The molecule has 5 heterocycles. The molecule has 0 saturated heterocycles. The number of pyridine rings is 3. The summed E-state index contributed by atoms with van der Waals surface area (Å²) in [5, 5.41) is 3.37. The van der Waals surface area contributed by atoms with E-state index >= 15 is 0 Å². The van der Waals surface area contributed by atoms with Crippen molar-refractivity contribution in [1.29, 1.82) is 0 Å². The van der Waals surface area contributed by atoms with Crippen LogP contribution in [0, 0.1) is 20.8 Å². The van der Waals surface area contributed by atoms with E-state index in [0.29, 0.717) is 33.4 Å². The molecular formula is C27H22ClF3N6O3S. The number of amides is 2. The Balaban J connectivity index is 1.34. The number of rotatable bonds is 5. The van der Waals surface area contributed by atoms with Gasteiger partial charge in [0.1, 0.15) is 16.6 Å². The van der Waals surface area contributed by atoms with Crippen molar-refractivity contribution in [3.8, 4) is 16.9 Å². The van der Waals surface area contributed by atoms with E-state index in [1.54, 1.807) is 19.1 Å². The van der Waals surface area contributed by atoms with Crippen LogP contribution in [0.1, 0.15) is 53.9 Å². The number of aryl methyl sites for hydroxylation is 3. The number of hydrogen-bond acceptors (Lipinski definition) is 8. The van der Waals surface area contributed by atoms with Gasteiger partial charge in [0, 0.05) is 23.0 Å². The van der Waals surface area contributed by atoms with E-state index in [0.717, 1.165) is 4.88 Å². The first-order valence-electron chi connectivity index (χ1n) is 12.2. The molecular weight excluding hydrogens is 581 g/mol. The second kappa shape index (κ2) is 10.7. The lowest BCUT2D eigenvalue weighted by Crippen LogP contribution is -2.27. The van der Waals surface area contributed by atoms with E-state index in [1.165, 1.54) is 55.7 Å². The molecule has 0 saturated carbocycles. The predicted molar refractivity (Wildman–Crippen MR) is 146 cm³/mol. The number of nitrogens with zero attached hydrogens (tertiary/aromatic N) is 5. The normalized spacial score (nSPS) is 12.8. The van der Waals surface area contributed by atoms with Crippen LogP contribution in [0.15, 0.2) is 30.6 Å². The summed E-state index contributed by atoms with van der Waals surface area (Å²) in [6, 6.07) is 4.57. The van der Waals surface area contributed by atoms with Crippen molar-refractivity contribution < 1.29 is 27.5 Å². The molecule has 9 nitrogen and oxygen atoms in total. The summed E-state index contributed by atoms with van der Waals surface area (Å²) in [5.41, 5.74) is 1.63. The molecule has 41 heavy (non-hydrogen) atoms. The van der Waals surface area contributed by atoms with E-state index < -0.39 is 23.7 Å². The Kier molecular flexibility index (Phi) is 7.43. The molecule has 0 aliphatic carbocycles. The highest BCUT2D eigenvalue weighted by atomic mass is 35.5. The van der Waals surface area contributed by atoms with Crippen LogP contribution in [0.4, 0.5) is 18.3 Å². The first-order valence-corrected chi connectivity index (χ1v) is 13.4. The molecule has 5 rings (SSSR count). The molecule has 0 radical (unpaired) electrons. The molecule has 0 fully saturated rings. The van der Waals surface area contributed by atoms with Gasteiger partial charge >= 0.3 is 6.18 Å². The zero-order valence-electron chi connectivity index (χ0n) is 22.2. The van der Waals surface area contributed by atoms with E-state index in [9.17, 15) is 22.8 Å². The van der Waals surface area contributed by atoms with Gasteiger partial charge in [0.25, 0.3) is 11.8 Å². The first-order chi connectivity index (χ1) is 19.3. The zero-order valence-corrected chi connectivity index (χ0v) is 23.8. The molecule has 0 atom stereocenters. The van der Waals surface area contributed by atoms with Gasteiger partial charge in [-0.2, -0.15) is 13.2 Å². The van der Waals surface area contributed by atoms with Crippen molar-refractivity contribution in [1.82, 2.24) is 24.8 Å². The predicted octanol–water partition coefficient (Wildman–Crippen LogP) is 6.01. The van der Waals surface area contributed by atoms with Crippen LogP contribution in [0.3, 0.4) is 0 Å². The Morgan fingerprint density at radius 1 is 1.02 bits per heavy atom. The van der Waals surface area contributed by atoms with Crippen molar-refractivity contribution in [3.05, 3.63) is 80.1 Å². The highest BCUT2D eigenvalue weighted by molar-refractivity contribution is 7.16. The number of methoxy groups -OCH3 is 1. The fraction of sp³-hybridized carbons (Fsp3) is 0.259. The number of nitrogens with one attached hydrogen (secondary N) is 1. The maximum Gasteiger partial charge on any atom is 0.433 e. The third-order valence-corrected chi connectivity index (χ3v) is 7.70. The second-order valence-electron chi connectivity index (χ2n) is 9.37. The number of anilines is 1. The largest absolute Gasteiger partial charge is 0.494 e. The highest BCUT2D eigenvalue weighted by Gasteiger charge is 2.36. The number of fused-ring (bicyclic) bond motifs is 1. The van der Waals surface area contributed by atoms with Crippen LogP contribution < -0.4 is 10.1 Å². The lowest BCUT2D eigenvalue weighted by Gasteiger charge is -2.18. The second-order valence-corrected chi connectivity index (χ2v) is 10.8. The van der Waals surface area contributed by atoms with Crippen molar-refractivity contribution in [2.24, 2.45) is 0 Å². The molecule has 0 aromatic carbocycles. The molecule has 1 aliphatic heterocycles. The van der Waals surface area contributed by atoms with Crippen molar-refractivity contribution in [3.63, 3.8) is 0 Å². The molecule has 4 aromatic rings. The van der Waals surface area contributed by atoms with Crippen molar-refractivity contribution in [2.75, 3.05) is 12.4 Å². The quantitative estimate of drug-likeness (QED) is 0.279. The maximum atomic E-state index is 13.3. The van der Waals surface area contributed by atoms with E-state index in [1.807, 2.05) is 0 Å². The minimum atomic E-state index is -4.61. The minimum absolute atomic E-state index is 0.00119. The van der Waals surface area contributed by atoms with Crippen molar-refractivity contribution >= 4 is 39.9 Å². The number of alkyl halides is 3. The van der Waals surface area contributed by atoms with Gasteiger partial charge in [0.05, 0.1) is 53.8 Å². The number of carbonyl (C=O) groups is 2. The van der Waals surface area contributed by atoms with Crippen LogP contribution in [0.25, 0.3) is 11.1 Å². The molecule has 212 valence electrons. The van der Waals surface area contributed by atoms with Gasteiger partial charge < -0.3 is 9.64 Å². The lowest BCUT2D eigenvalue weighted by atomic mass is 10.0. The van der Waals surface area contributed by atoms with Crippen LogP contribution in [-0.2, 0) is 19.3 Å². The number of carbonyl (C=O) groups excluding carboxylic acids is 2. The molecule has 0 bridgehead atoms. The van der Waals surface area contributed by atoms with Gasteiger partial charge in [-0.15, -0.1) is 0 Å². The zero-order chi connectivity index (χ0) is 29.6. The summed E-state index contributed by atoms with van der Waals surface area (Å²) >= 11 is 7.33. The summed E-state index contributed by atoms with van der Waals surface area (Å²) in [5.74, 6) is -0.464. The van der Waals surface area contributed by atoms with Gasteiger partial charge in [0.2, 0.25) is 0 Å². The Morgan fingerprint density at radius 3 is 2.46 bits per heavy atom. The third-order valence-electron chi connectivity index (χ3n) is 6.49. The van der Waals surface area contributed by atoms with Crippen LogP contribution >= 0.6 is 22.9 Å². The fourth-order valence-electron chi connectivity index (χ4n) is 4.54. The van der Waals surface area contributed by atoms with Crippen LogP contribution in [0.2, 0.25) is 5.15 Å². The Hall–Kier alpha value is -4.10. The van der Waals surface area contributed by atoms with E-state index in [-0.39, 0.29) is 40.6 Å². The first kappa shape index (κ1) is 28.4. The smallest absolute Gasteiger partial charge is 0.433 e. The van der Waals surface area contributed by atoms with Crippen molar-refractivity contribution in [2.45, 2.75) is 40.0 Å². The lowest BCUT2D eigenvalue weighted by molar-refractivity contribution is -0.141. The Labute approximate surface area is 241 Å². The summed E-state index contributed by atoms with van der Waals surface area (Å²) in [7, 11) is 1.49. The highest BCUT2D eigenvalue weighted by Crippen LogP contribution is 2.36. The molecule has 1 aliphatic rings. The average molecular weight is 603 g/mol. The molecule has 4 aromatic heterocycles. The molecule has 2 amide bonds. The van der Waals surface area contributed by atoms with E-state index in [2.05, 4.69) is 25.3 Å². The molecule has 1 N–H and O–H groups in total.